The van der Waals surface area contributed by atoms with E-state index in [9.17, 15) is 13.6 Å². The summed E-state index contributed by atoms with van der Waals surface area (Å²) in [4.78, 5) is 17.1. The summed E-state index contributed by atoms with van der Waals surface area (Å²) in [7, 11) is 0. The third-order valence-corrected chi connectivity index (χ3v) is 4.33. The number of halogens is 2. The first-order valence-corrected chi connectivity index (χ1v) is 8.40. The van der Waals surface area contributed by atoms with E-state index in [0.29, 0.717) is 28.1 Å². The second kappa shape index (κ2) is 7.92. The molecule has 122 valence electrons. The predicted molar refractivity (Wildman–Crippen MR) is 85.5 cm³/mol. The molecule has 0 radical (unpaired) electrons. The minimum atomic E-state index is -2.43. The number of hydrogen-bond donors (Lipinski definition) is 0. The molecule has 0 unspecified atom stereocenters. The predicted octanol–water partition coefficient (Wildman–Crippen LogP) is 3.42. The van der Waals surface area contributed by atoms with Gasteiger partial charge in [0.2, 0.25) is 0 Å². The molecule has 2 rings (SSSR count). The van der Waals surface area contributed by atoms with Crippen LogP contribution in [-0.2, 0) is 0 Å². The Morgan fingerprint density at radius 1 is 1.14 bits per heavy atom. The molecule has 0 N–H and O–H groups in total. The van der Waals surface area contributed by atoms with Gasteiger partial charge in [-0.2, -0.15) is 8.78 Å². The Balaban J connectivity index is 1.89. The molecule has 1 fully saturated rings. The van der Waals surface area contributed by atoms with Crippen LogP contribution < -0.4 is 0 Å². The molecule has 1 aromatic rings. The molecular weight excluding hydrogens is 306 g/mol. The molecule has 0 aromatic heterocycles. The minimum Gasteiger partial charge on any atom is -0.336 e. The van der Waals surface area contributed by atoms with Crippen molar-refractivity contribution in [3.05, 3.63) is 29.8 Å². The number of carbonyl (C=O) groups excluding carboxylic acids is 1. The van der Waals surface area contributed by atoms with Crippen LogP contribution in [-0.4, -0.2) is 54.2 Å². The molecule has 0 bridgehead atoms. The Kier molecular flexibility index (Phi) is 6.20. The third kappa shape index (κ3) is 4.95. The highest BCUT2D eigenvalue weighted by atomic mass is 32.2. The number of rotatable bonds is 5. The van der Waals surface area contributed by atoms with Crippen LogP contribution in [0.15, 0.2) is 29.2 Å². The van der Waals surface area contributed by atoms with Crippen molar-refractivity contribution in [3.8, 4) is 0 Å². The average molecular weight is 328 g/mol. The van der Waals surface area contributed by atoms with E-state index >= 15 is 0 Å². The van der Waals surface area contributed by atoms with E-state index in [1.165, 1.54) is 0 Å². The summed E-state index contributed by atoms with van der Waals surface area (Å²) in [5.74, 6) is -1.82. The highest BCUT2D eigenvalue weighted by molar-refractivity contribution is 7.99. The second-order valence-corrected chi connectivity index (χ2v) is 6.95. The smallest absolute Gasteiger partial charge is 0.288 e. The van der Waals surface area contributed by atoms with Gasteiger partial charge in [0.25, 0.3) is 11.7 Å². The van der Waals surface area contributed by atoms with E-state index in [4.69, 9.17) is 0 Å². The van der Waals surface area contributed by atoms with E-state index in [0.717, 1.165) is 32.7 Å². The van der Waals surface area contributed by atoms with Crippen molar-refractivity contribution >= 4 is 17.7 Å². The summed E-state index contributed by atoms with van der Waals surface area (Å²) in [6.45, 7) is 8.67. The fourth-order valence-electron chi connectivity index (χ4n) is 2.61. The zero-order valence-corrected chi connectivity index (χ0v) is 13.8. The van der Waals surface area contributed by atoms with Crippen LogP contribution in [0.2, 0.25) is 0 Å². The Labute approximate surface area is 134 Å². The Bertz CT molecular complexity index is 485. The third-order valence-electron chi connectivity index (χ3n) is 3.61. The number of thioether (sulfide) groups is 1. The summed E-state index contributed by atoms with van der Waals surface area (Å²) in [5, 5.41) is 0. The fourth-order valence-corrected chi connectivity index (χ4v) is 3.11. The van der Waals surface area contributed by atoms with Crippen LogP contribution in [0.5, 0.6) is 0 Å². The molecule has 0 saturated carbocycles. The molecule has 3 nitrogen and oxygen atoms in total. The van der Waals surface area contributed by atoms with Crippen molar-refractivity contribution in [1.82, 2.24) is 9.80 Å². The van der Waals surface area contributed by atoms with Crippen LogP contribution in [0.4, 0.5) is 8.78 Å². The van der Waals surface area contributed by atoms with Crippen LogP contribution >= 0.6 is 11.8 Å². The van der Waals surface area contributed by atoms with Gasteiger partial charge in [-0.15, -0.1) is 0 Å². The Morgan fingerprint density at radius 3 is 2.23 bits per heavy atom. The first-order valence-electron chi connectivity index (χ1n) is 7.52. The summed E-state index contributed by atoms with van der Waals surface area (Å²) in [6, 6.07) is 6.43. The van der Waals surface area contributed by atoms with Crippen LogP contribution in [0, 0.1) is 5.92 Å². The normalized spacial score (nSPS) is 16.5. The van der Waals surface area contributed by atoms with Gasteiger partial charge in [0.05, 0.1) is 0 Å². The van der Waals surface area contributed by atoms with Gasteiger partial charge in [0.15, 0.2) is 0 Å². The second-order valence-electron chi connectivity index (χ2n) is 5.89. The van der Waals surface area contributed by atoms with Gasteiger partial charge in [-0.05, 0) is 30.2 Å². The van der Waals surface area contributed by atoms with Crippen LogP contribution in [0.1, 0.15) is 24.2 Å². The molecular formula is C16H22F2N2OS. The monoisotopic (exact) mass is 328 g/mol. The number of benzene rings is 1. The molecule has 22 heavy (non-hydrogen) atoms. The fraction of sp³-hybridized carbons (Fsp3) is 0.562. The maximum atomic E-state index is 12.4. The Morgan fingerprint density at radius 2 is 1.73 bits per heavy atom. The number of amides is 1. The highest BCUT2D eigenvalue weighted by Crippen LogP contribution is 2.25. The molecule has 1 aromatic carbocycles. The van der Waals surface area contributed by atoms with Gasteiger partial charge in [-0.1, -0.05) is 25.6 Å². The quantitative estimate of drug-likeness (QED) is 0.774. The van der Waals surface area contributed by atoms with Gasteiger partial charge in [0, 0.05) is 43.2 Å². The lowest BCUT2D eigenvalue weighted by atomic mass is 10.1. The molecule has 6 heteroatoms. The van der Waals surface area contributed by atoms with E-state index in [1.807, 2.05) is 4.90 Å². The minimum absolute atomic E-state index is 0.0159. The van der Waals surface area contributed by atoms with Crippen molar-refractivity contribution in [2.75, 3.05) is 32.7 Å². The molecule has 1 aliphatic heterocycles. The topological polar surface area (TPSA) is 23.6 Å². The van der Waals surface area contributed by atoms with Crippen LogP contribution in [0.3, 0.4) is 0 Å². The SMILES string of the molecule is CC(C)CN1CCN(C(=O)c2ccc(SC(F)F)cc2)CC1. The number of hydrogen-bond acceptors (Lipinski definition) is 3. The first kappa shape index (κ1) is 17.2. The van der Waals surface area contributed by atoms with Gasteiger partial charge >= 0.3 is 0 Å². The molecule has 1 amide bonds. The number of alkyl halides is 2. The molecule has 0 atom stereocenters. The van der Waals surface area contributed by atoms with Crippen LogP contribution in [0.25, 0.3) is 0 Å². The largest absolute Gasteiger partial charge is 0.336 e. The summed E-state index contributed by atoms with van der Waals surface area (Å²) < 4.78 is 24.6. The van der Waals surface area contributed by atoms with Gasteiger partial charge < -0.3 is 4.90 Å². The summed E-state index contributed by atoms with van der Waals surface area (Å²) >= 11 is 0.495. The lowest BCUT2D eigenvalue weighted by molar-refractivity contribution is 0.0624. The van der Waals surface area contributed by atoms with E-state index in [2.05, 4.69) is 18.7 Å². The molecule has 1 heterocycles. The summed E-state index contributed by atoms with van der Waals surface area (Å²) in [6.07, 6.45) is 0. The Hall–Kier alpha value is -1.14. The maximum absolute atomic E-state index is 12.4. The van der Waals surface area contributed by atoms with E-state index in [1.54, 1.807) is 24.3 Å². The van der Waals surface area contributed by atoms with Crippen molar-refractivity contribution in [2.24, 2.45) is 5.92 Å². The van der Waals surface area contributed by atoms with Crippen molar-refractivity contribution in [1.29, 1.82) is 0 Å². The highest BCUT2D eigenvalue weighted by Gasteiger charge is 2.22. The summed E-state index contributed by atoms with van der Waals surface area (Å²) in [5.41, 5.74) is 0.566. The zero-order chi connectivity index (χ0) is 16.1. The molecule has 1 aliphatic rings. The lowest BCUT2D eigenvalue weighted by Crippen LogP contribution is -2.49. The van der Waals surface area contributed by atoms with Crippen molar-refractivity contribution in [3.63, 3.8) is 0 Å². The first-order chi connectivity index (χ1) is 10.5. The van der Waals surface area contributed by atoms with Gasteiger partial charge in [0.1, 0.15) is 0 Å². The van der Waals surface area contributed by atoms with Gasteiger partial charge in [-0.25, -0.2) is 0 Å². The molecule has 1 saturated heterocycles. The molecule has 0 aliphatic carbocycles. The van der Waals surface area contributed by atoms with Gasteiger partial charge in [-0.3, -0.25) is 9.69 Å². The standard InChI is InChI=1S/C16H22F2N2OS/c1-12(2)11-19-7-9-20(10-8-19)15(21)13-3-5-14(6-4-13)22-16(17)18/h3-6,12,16H,7-11H2,1-2H3. The van der Waals surface area contributed by atoms with Crippen molar-refractivity contribution in [2.45, 2.75) is 24.5 Å². The maximum Gasteiger partial charge on any atom is 0.288 e. The van der Waals surface area contributed by atoms with Crippen molar-refractivity contribution < 1.29 is 13.6 Å². The number of carbonyl (C=O) groups is 1. The molecule has 0 spiro atoms. The lowest BCUT2D eigenvalue weighted by Gasteiger charge is -2.35. The number of piperazine rings is 1. The average Bonchev–Trinajstić information content (AvgIpc) is 2.47. The van der Waals surface area contributed by atoms with E-state index in [-0.39, 0.29) is 5.91 Å². The zero-order valence-electron chi connectivity index (χ0n) is 13.0. The van der Waals surface area contributed by atoms with E-state index < -0.39 is 5.76 Å². The number of nitrogens with zero attached hydrogens (tertiary/aromatic N) is 2.